The molecule has 0 bridgehead atoms. The highest BCUT2D eigenvalue weighted by Gasteiger charge is 2.40. The maximum Gasteiger partial charge on any atom is 0.239 e. The molecule has 2 fully saturated rings. The number of halogens is 1. The van der Waals surface area contributed by atoms with E-state index in [2.05, 4.69) is 31.3 Å². The second kappa shape index (κ2) is 9.56. The van der Waals surface area contributed by atoms with Crippen LogP contribution in [0.15, 0.2) is 24.3 Å². The molecule has 1 unspecified atom stereocenters. The molecule has 2 aliphatic heterocycles. The van der Waals surface area contributed by atoms with Gasteiger partial charge in [-0.3, -0.25) is 9.59 Å². The van der Waals surface area contributed by atoms with E-state index in [-0.39, 0.29) is 24.2 Å². The van der Waals surface area contributed by atoms with Crippen LogP contribution in [-0.4, -0.2) is 49.9 Å². The first-order valence-electron chi connectivity index (χ1n) is 9.86. The van der Waals surface area contributed by atoms with Gasteiger partial charge in [-0.1, -0.05) is 26.0 Å². The van der Waals surface area contributed by atoms with E-state index in [0.29, 0.717) is 24.8 Å². The molecule has 2 amide bonds. The standard InChI is InChI=1S/C21H31N3O2.ClH/c1-15(2)17-4-6-18(7-5-17)24-13-10-19(21(24)26)20(25)23-11-8-16(9-12-23)14-22-3;/h4-7,15-16,19,22H,8-14H2,1-3H3;1H. The number of amides is 2. The third-order valence-electron chi connectivity index (χ3n) is 5.79. The van der Waals surface area contributed by atoms with Gasteiger partial charge in [0.2, 0.25) is 11.8 Å². The second-order valence-electron chi connectivity index (χ2n) is 7.90. The summed E-state index contributed by atoms with van der Waals surface area (Å²) in [7, 11) is 1.97. The average Bonchev–Trinajstić information content (AvgIpc) is 3.03. The number of hydrogen-bond donors (Lipinski definition) is 1. The van der Waals surface area contributed by atoms with E-state index in [4.69, 9.17) is 0 Å². The van der Waals surface area contributed by atoms with Gasteiger partial charge in [0.05, 0.1) is 0 Å². The first kappa shape index (κ1) is 21.7. The highest BCUT2D eigenvalue weighted by Crippen LogP contribution is 2.29. The predicted octanol–water partition coefficient (Wildman–Crippen LogP) is 3.04. The van der Waals surface area contributed by atoms with Crippen LogP contribution in [0.5, 0.6) is 0 Å². The number of rotatable bonds is 5. The van der Waals surface area contributed by atoms with Crippen LogP contribution < -0.4 is 10.2 Å². The van der Waals surface area contributed by atoms with Gasteiger partial charge in [-0.2, -0.15) is 0 Å². The smallest absolute Gasteiger partial charge is 0.239 e. The summed E-state index contributed by atoms with van der Waals surface area (Å²) >= 11 is 0. The highest BCUT2D eigenvalue weighted by molar-refractivity contribution is 6.09. The summed E-state index contributed by atoms with van der Waals surface area (Å²) in [5.74, 6) is 0.599. The molecule has 1 aromatic rings. The second-order valence-corrected chi connectivity index (χ2v) is 7.90. The van der Waals surface area contributed by atoms with Gasteiger partial charge in [0.1, 0.15) is 5.92 Å². The van der Waals surface area contributed by atoms with Crippen molar-refractivity contribution in [2.45, 2.75) is 39.0 Å². The molecular weight excluding hydrogens is 362 g/mol. The van der Waals surface area contributed by atoms with Crippen molar-refractivity contribution in [2.75, 3.05) is 38.1 Å². The Bertz CT molecular complexity index is 639. The summed E-state index contributed by atoms with van der Waals surface area (Å²) in [4.78, 5) is 29.4. The lowest BCUT2D eigenvalue weighted by molar-refractivity contribution is -0.141. The maximum atomic E-state index is 12.9. The van der Waals surface area contributed by atoms with Crippen LogP contribution in [0, 0.1) is 11.8 Å². The van der Waals surface area contributed by atoms with E-state index < -0.39 is 5.92 Å². The molecule has 150 valence electrons. The largest absolute Gasteiger partial charge is 0.342 e. The topological polar surface area (TPSA) is 52.7 Å². The molecule has 1 N–H and O–H groups in total. The van der Waals surface area contributed by atoms with Crippen molar-refractivity contribution in [2.24, 2.45) is 11.8 Å². The quantitative estimate of drug-likeness (QED) is 0.782. The van der Waals surface area contributed by atoms with Crippen LogP contribution in [0.25, 0.3) is 0 Å². The molecule has 3 rings (SSSR count). The van der Waals surface area contributed by atoms with E-state index in [1.54, 1.807) is 4.90 Å². The fourth-order valence-electron chi connectivity index (χ4n) is 4.07. The number of anilines is 1. The third-order valence-corrected chi connectivity index (χ3v) is 5.79. The van der Waals surface area contributed by atoms with Crippen LogP contribution >= 0.6 is 12.4 Å². The third kappa shape index (κ3) is 4.82. The molecule has 1 aromatic carbocycles. The average molecular weight is 394 g/mol. The van der Waals surface area contributed by atoms with Gasteiger partial charge in [0.15, 0.2) is 0 Å². The SMILES string of the molecule is CNCC1CCN(C(=O)C2CCN(c3ccc(C(C)C)cc3)C2=O)CC1.Cl. The Kier molecular flexibility index (Phi) is 7.68. The number of carbonyl (C=O) groups is 2. The van der Waals surface area contributed by atoms with Crippen molar-refractivity contribution in [1.29, 1.82) is 0 Å². The fraction of sp³-hybridized carbons (Fsp3) is 0.619. The Balaban J connectivity index is 0.00000261. The number of nitrogens with one attached hydrogen (secondary N) is 1. The Morgan fingerprint density at radius 2 is 1.74 bits per heavy atom. The maximum absolute atomic E-state index is 12.9. The molecule has 2 aliphatic rings. The normalized spacial score (nSPS) is 20.9. The van der Waals surface area contributed by atoms with E-state index in [0.717, 1.165) is 38.2 Å². The van der Waals surface area contributed by atoms with Crippen LogP contribution in [0.4, 0.5) is 5.69 Å². The van der Waals surface area contributed by atoms with Gasteiger partial charge >= 0.3 is 0 Å². The lowest BCUT2D eigenvalue weighted by Crippen LogP contribution is -2.45. The molecule has 1 atom stereocenters. The van der Waals surface area contributed by atoms with E-state index in [9.17, 15) is 9.59 Å². The van der Waals surface area contributed by atoms with Gasteiger partial charge in [0, 0.05) is 25.3 Å². The number of benzene rings is 1. The molecule has 0 spiro atoms. The van der Waals surface area contributed by atoms with Crippen molar-refractivity contribution in [3.05, 3.63) is 29.8 Å². The number of nitrogens with zero attached hydrogens (tertiary/aromatic N) is 2. The summed E-state index contributed by atoms with van der Waals surface area (Å²) < 4.78 is 0. The zero-order valence-corrected chi connectivity index (χ0v) is 17.4. The number of likely N-dealkylation sites (tertiary alicyclic amines) is 1. The number of hydrogen-bond acceptors (Lipinski definition) is 3. The molecule has 2 saturated heterocycles. The molecule has 0 radical (unpaired) electrons. The molecule has 0 aromatic heterocycles. The van der Waals surface area contributed by atoms with Crippen molar-refractivity contribution in [1.82, 2.24) is 10.2 Å². The van der Waals surface area contributed by atoms with Crippen LogP contribution in [0.1, 0.15) is 44.6 Å². The zero-order valence-electron chi connectivity index (χ0n) is 16.6. The van der Waals surface area contributed by atoms with Crippen molar-refractivity contribution in [3.8, 4) is 0 Å². The Hall–Kier alpha value is -1.59. The molecule has 6 heteroatoms. The fourth-order valence-corrected chi connectivity index (χ4v) is 4.07. The van der Waals surface area contributed by atoms with Gasteiger partial charge in [0.25, 0.3) is 0 Å². The Morgan fingerprint density at radius 1 is 1.11 bits per heavy atom. The van der Waals surface area contributed by atoms with Crippen molar-refractivity contribution in [3.63, 3.8) is 0 Å². The van der Waals surface area contributed by atoms with E-state index in [1.165, 1.54) is 5.56 Å². The summed E-state index contributed by atoms with van der Waals surface area (Å²) in [6.45, 7) is 7.50. The summed E-state index contributed by atoms with van der Waals surface area (Å²) in [5, 5.41) is 3.21. The van der Waals surface area contributed by atoms with Gasteiger partial charge < -0.3 is 15.1 Å². The van der Waals surface area contributed by atoms with Crippen LogP contribution in [-0.2, 0) is 9.59 Å². The predicted molar refractivity (Wildman–Crippen MR) is 111 cm³/mol. The minimum absolute atomic E-state index is 0. The summed E-state index contributed by atoms with van der Waals surface area (Å²) in [5.41, 5.74) is 2.17. The summed E-state index contributed by atoms with van der Waals surface area (Å²) in [6.07, 6.45) is 2.67. The van der Waals surface area contributed by atoms with Gasteiger partial charge in [-0.15, -0.1) is 12.4 Å². The van der Waals surface area contributed by atoms with Crippen molar-refractivity contribution < 1.29 is 9.59 Å². The van der Waals surface area contributed by atoms with Crippen LogP contribution in [0.3, 0.4) is 0 Å². The Labute approximate surface area is 168 Å². The zero-order chi connectivity index (χ0) is 18.7. The highest BCUT2D eigenvalue weighted by atomic mass is 35.5. The molecule has 2 heterocycles. The van der Waals surface area contributed by atoms with Gasteiger partial charge in [-0.05, 0) is 62.4 Å². The van der Waals surface area contributed by atoms with Gasteiger partial charge in [-0.25, -0.2) is 0 Å². The Morgan fingerprint density at radius 3 is 2.30 bits per heavy atom. The molecule has 0 aliphatic carbocycles. The van der Waals surface area contributed by atoms with Crippen molar-refractivity contribution >= 4 is 29.9 Å². The number of piperidine rings is 1. The summed E-state index contributed by atoms with van der Waals surface area (Å²) in [6, 6.07) is 8.16. The van der Waals surface area contributed by atoms with E-state index in [1.807, 2.05) is 24.1 Å². The molecule has 5 nitrogen and oxygen atoms in total. The molecule has 0 saturated carbocycles. The monoisotopic (exact) mass is 393 g/mol. The first-order chi connectivity index (χ1) is 12.5. The molecule has 27 heavy (non-hydrogen) atoms. The minimum Gasteiger partial charge on any atom is -0.342 e. The minimum atomic E-state index is -0.499. The molecular formula is C21H32ClN3O2. The van der Waals surface area contributed by atoms with E-state index >= 15 is 0 Å². The first-order valence-corrected chi connectivity index (χ1v) is 9.86. The lowest BCUT2D eigenvalue weighted by Gasteiger charge is -2.33. The lowest BCUT2D eigenvalue weighted by atomic mass is 9.95. The number of carbonyl (C=O) groups excluding carboxylic acids is 2. The van der Waals surface area contributed by atoms with Crippen LogP contribution in [0.2, 0.25) is 0 Å².